The van der Waals surface area contributed by atoms with Gasteiger partial charge in [0, 0.05) is 12.0 Å². The Bertz CT molecular complexity index is 456. The molecule has 118 valence electrons. The highest BCUT2D eigenvalue weighted by atomic mass is 16.3. The number of furan rings is 1. The number of nitrogens with two attached hydrogens (primary N) is 1. The first kappa shape index (κ1) is 15.1. The van der Waals surface area contributed by atoms with Crippen molar-refractivity contribution in [3.8, 4) is 0 Å². The van der Waals surface area contributed by atoms with E-state index >= 15 is 0 Å². The molecule has 0 radical (unpaired) electrons. The predicted octanol–water partition coefficient (Wildman–Crippen LogP) is 3.74. The topological polar surface area (TPSA) is 42.4 Å². The molecule has 21 heavy (non-hydrogen) atoms. The molecule has 0 amide bonds. The zero-order valence-corrected chi connectivity index (χ0v) is 13.6. The Morgan fingerprint density at radius 2 is 2.05 bits per heavy atom. The van der Waals surface area contributed by atoms with Crippen LogP contribution in [0.1, 0.15) is 63.4 Å². The van der Waals surface area contributed by atoms with Gasteiger partial charge in [-0.2, -0.15) is 0 Å². The van der Waals surface area contributed by atoms with Crippen LogP contribution in [-0.2, 0) is 6.54 Å². The van der Waals surface area contributed by atoms with Crippen LogP contribution in [-0.4, -0.2) is 24.0 Å². The molecular weight excluding hydrogens is 260 g/mol. The van der Waals surface area contributed by atoms with E-state index in [0.717, 1.165) is 31.3 Å². The Balaban J connectivity index is 1.64. The average Bonchev–Trinajstić information content (AvgIpc) is 3.07. The minimum Gasteiger partial charge on any atom is -0.464 e. The summed E-state index contributed by atoms with van der Waals surface area (Å²) in [5, 5.41) is 0. The first-order valence-electron chi connectivity index (χ1n) is 8.75. The van der Waals surface area contributed by atoms with E-state index < -0.39 is 0 Å². The third-order valence-electron chi connectivity index (χ3n) is 5.56. The lowest BCUT2D eigenvalue weighted by Crippen LogP contribution is -2.44. The molecule has 2 N–H and O–H groups in total. The summed E-state index contributed by atoms with van der Waals surface area (Å²) in [7, 11) is 0. The Morgan fingerprint density at radius 1 is 1.29 bits per heavy atom. The smallest absolute Gasteiger partial charge is 0.118 e. The number of hydrogen-bond acceptors (Lipinski definition) is 3. The Hall–Kier alpha value is -0.800. The highest BCUT2D eigenvalue weighted by Crippen LogP contribution is 2.47. The summed E-state index contributed by atoms with van der Waals surface area (Å²) in [5.74, 6) is 4.49. The van der Waals surface area contributed by atoms with Gasteiger partial charge in [-0.3, -0.25) is 4.90 Å². The monoisotopic (exact) mass is 290 g/mol. The quantitative estimate of drug-likeness (QED) is 0.867. The Morgan fingerprint density at radius 3 is 2.71 bits per heavy atom. The largest absolute Gasteiger partial charge is 0.464 e. The van der Waals surface area contributed by atoms with E-state index in [1.165, 1.54) is 37.9 Å². The van der Waals surface area contributed by atoms with Crippen LogP contribution in [0, 0.1) is 11.8 Å². The fraction of sp³-hybridized carbons (Fsp3) is 0.778. The van der Waals surface area contributed by atoms with Gasteiger partial charge in [0.2, 0.25) is 0 Å². The molecule has 2 aliphatic rings. The maximum Gasteiger partial charge on any atom is 0.118 e. The fourth-order valence-corrected chi connectivity index (χ4v) is 4.00. The van der Waals surface area contributed by atoms with Crippen molar-refractivity contribution in [3.63, 3.8) is 0 Å². The molecule has 2 saturated carbocycles. The van der Waals surface area contributed by atoms with Crippen molar-refractivity contribution in [1.29, 1.82) is 0 Å². The molecule has 0 aromatic carbocycles. The number of hydrogen-bond donors (Lipinski definition) is 1. The molecule has 4 unspecified atom stereocenters. The molecule has 3 heteroatoms. The molecule has 0 saturated heterocycles. The minimum atomic E-state index is 0.641. The summed E-state index contributed by atoms with van der Waals surface area (Å²) < 4.78 is 6.10. The number of rotatable bonds is 6. The molecule has 0 aliphatic heterocycles. The second-order valence-electron chi connectivity index (χ2n) is 7.03. The van der Waals surface area contributed by atoms with Crippen LogP contribution in [0.5, 0.6) is 0 Å². The number of nitrogens with zero attached hydrogens (tertiary/aromatic N) is 1. The van der Waals surface area contributed by atoms with Crippen molar-refractivity contribution in [2.24, 2.45) is 17.6 Å². The third kappa shape index (κ3) is 3.35. The second kappa shape index (κ2) is 6.53. The van der Waals surface area contributed by atoms with E-state index in [1.807, 2.05) is 0 Å². The Kier molecular flexibility index (Phi) is 4.70. The van der Waals surface area contributed by atoms with E-state index in [1.54, 1.807) is 0 Å². The Labute approximate surface area is 128 Å². The van der Waals surface area contributed by atoms with E-state index in [0.29, 0.717) is 17.9 Å². The molecule has 1 aromatic heterocycles. The molecule has 3 rings (SSSR count). The molecule has 1 heterocycles. The van der Waals surface area contributed by atoms with Gasteiger partial charge in [0.05, 0.1) is 6.54 Å². The molecule has 0 bridgehead atoms. The van der Waals surface area contributed by atoms with Gasteiger partial charge in [-0.25, -0.2) is 0 Å². The summed E-state index contributed by atoms with van der Waals surface area (Å²) in [4.78, 5) is 2.58. The fourth-order valence-electron chi connectivity index (χ4n) is 4.00. The van der Waals surface area contributed by atoms with Crippen LogP contribution in [0.25, 0.3) is 0 Å². The summed E-state index contributed by atoms with van der Waals surface area (Å²) >= 11 is 0. The van der Waals surface area contributed by atoms with Crippen molar-refractivity contribution in [2.75, 3.05) is 13.1 Å². The van der Waals surface area contributed by atoms with Crippen molar-refractivity contribution >= 4 is 0 Å². The van der Waals surface area contributed by atoms with Crippen LogP contribution in [0.15, 0.2) is 16.5 Å². The van der Waals surface area contributed by atoms with Gasteiger partial charge >= 0.3 is 0 Å². The summed E-state index contributed by atoms with van der Waals surface area (Å²) in [6.45, 7) is 7.41. The molecule has 2 aliphatic carbocycles. The van der Waals surface area contributed by atoms with Crippen molar-refractivity contribution in [1.82, 2.24) is 4.90 Å². The molecule has 1 aromatic rings. The van der Waals surface area contributed by atoms with Crippen LogP contribution in [0.3, 0.4) is 0 Å². The summed E-state index contributed by atoms with van der Waals surface area (Å²) in [6, 6.07) is 5.02. The van der Waals surface area contributed by atoms with Gasteiger partial charge in [0.25, 0.3) is 0 Å². The predicted molar refractivity (Wildman–Crippen MR) is 86.1 cm³/mol. The molecule has 0 spiro atoms. The normalized spacial score (nSPS) is 32.6. The minimum absolute atomic E-state index is 0.641. The van der Waals surface area contributed by atoms with Gasteiger partial charge < -0.3 is 10.2 Å². The lowest BCUT2D eigenvalue weighted by molar-refractivity contribution is 0.0979. The summed E-state index contributed by atoms with van der Waals surface area (Å²) in [5.41, 5.74) is 6.00. The van der Waals surface area contributed by atoms with E-state index in [2.05, 4.69) is 30.9 Å². The maximum atomic E-state index is 6.10. The molecule has 2 fully saturated rings. The lowest BCUT2D eigenvalue weighted by atomic mass is 9.83. The van der Waals surface area contributed by atoms with E-state index in [-0.39, 0.29) is 0 Å². The van der Waals surface area contributed by atoms with Crippen LogP contribution < -0.4 is 5.73 Å². The van der Waals surface area contributed by atoms with Crippen molar-refractivity contribution < 1.29 is 4.42 Å². The van der Waals surface area contributed by atoms with Crippen LogP contribution in [0.2, 0.25) is 0 Å². The zero-order chi connectivity index (χ0) is 14.8. The first-order chi connectivity index (χ1) is 10.2. The van der Waals surface area contributed by atoms with Gasteiger partial charge in [-0.15, -0.1) is 0 Å². The van der Waals surface area contributed by atoms with Crippen LogP contribution >= 0.6 is 0 Å². The third-order valence-corrected chi connectivity index (χ3v) is 5.56. The average molecular weight is 290 g/mol. The van der Waals surface area contributed by atoms with E-state index in [9.17, 15) is 0 Å². The van der Waals surface area contributed by atoms with Crippen LogP contribution in [0.4, 0.5) is 0 Å². The van der Waals surface area contributed by atoms with Gasteiger partial charge in [0.15, 0.2) is 0 Å². The standard InChI is InChI=1S/C18H30N2O/c1-3-20(17-7-5-4-6-14(17)11-19)12-15-8-9-18(21-15)16-10-13(16)2/h8-9,13-14,16-17H,3-7,10-12,19H2,1-2H3. The van der Waals surface area contributed by atoms with Gasteiger partial charge in [0.1, 0.15) is 11.5 Å². The SMILES string of the molecule is CCN(Cc1ccc(C2CC2C)o1)C1CCCCC1CN. The van der Waals surface area contributed by atoms with E-state index in [4.69, 9.17) is 10.2 Å². The van der Waals surface area contributed by atoms with Crippen molar-refractivity contribution in [2.45, 2.75) is 64.5 Å². The summed E-state index contributed by atoms with van der Waals surface area (Å²) in [6.07, 6.45) is 6.58. The van der Waals surface area contributed by atoms with Gasteiger partial charge in [-0.1, -0.05) is 26.7 Å². The van der Waals surface area contributed by atoms with Gasteiger partial charge in [-0.05, 0) is 56.3 Å². The molecule has 3 nitrogen and oxygen atoms in total. The molecule has 4 atom stereocenters. The highest BCUT2D eigenvalue weighted by Gasteiger charge is 2.37. The zero-order valence-electron chi connectivity index (χ0n) is 13.6. The highest BCUT2D eigenvalue weighted by molar-refractivity contribution is 5.17. The maximum absolute atomic E-state index is 6.10. The van der Waals surface area contributed by atoms with Crippen molar-refractivity contribution in [3.05, 3.63) is 23.7 Å². The second-order valence-corrected chi connectivity index (χ2v) is 7.03. The lowest BCUT2D eigenvalue weighted by Gasteiger charge is -2.38. The molecular formula is C18H30N2O. The first-order valence-corrected chi connectivity index (χ1v) is 8.75.